The molecular formula is C20H25ClO2. The Hall–Kier alpha value is -1.67. The van der Waals surface area contributed by atoms with Crippen molar-refractivity contribution in [2.45, 2.75) is 39.0 Å². The highest BCUT2D eigenvalue weighted by Crippen LogP contribution is 2.29. The monoisotopic (exact) mass is 332 g/mol. The van der Waals surface area contributed by atoms with E-state index in [4.69, 9.17) is 16.3 Å². The Morgan fingerprint density at radius 3 is 2.43 bits per heavy atom. The molecule has 0 spiro atoms. The number of aryl methyl sites for hydroxylation is 1. The van der Waals surface area contributed by atoms with E-state index >= 15 is 0 Å². The van der Waals surface area contributed by atoms with Gasteiger partial charge in [0.25, 0.3) is 0 Å². The normalized spacial score (nSPS) is 13.6. The lowest BCUT2D eigenvalue weighted by Crippen LogP contribution is -2.04. The van der Waals surface area contributed by atoms with Crippen LogP contribution in [0, 0.1) is 5.92 Å². The molecule has 0 amide bonds. The summed E-state index contributed by atoms with van der Waals surface area (Å²) in [6.07, 6.45) is 3.26. The zero-order chi connectivity index (χ0) is 16.8. The quantitative estimate of drug-likeness (QED) is 0.692. The van der Waals surface area contributed by atoms with Crippen LogP contribution in [0.4, 0.5) is 0 Å². The summed E-state index contributed by atoms with van der Waals surface area (Å²) in [4.78, 5) is 0. The number of hydrogen-bond donors (Lipinski definition) is 1. The Bertz CT molecular complexity index is 622. The number of phenolic OH excluding ortho intramolecular Hbond substituents is 1. The summed E-state index contributed by atoms with van der Waals surface area (Å²) < 4.78 is 5.16. The average molecular weight is 333 g/mol. The van der Waals surface area contributed by atoms with Crippen molar-refractivity contribution in [3.05, 3.63) is 58.6 Å². The first-order valence-corrected chi connectivity index (χ1v) is 8.48. The second kappa shape index (κ2) is 8.26. The van der Waals surface area contributed by atoms with Crippen molar-refractivity contribution < 1.29 is 9.84 Å². The first-order valence-electron chi connectivity index (χ1n) is 8.11. The summed E-state index contributed by atoms with van der Waals surface area (Å²) >= 11 is 5.95. The van der Waals surface area contributed by atoms with Gasteiger partial charge in [0.1, 0.15) is 0 Å². The molecule has 23 heavy (non-hydrogen) atoms. The summed E-state index contributed by atoms with van der Waals surface area (Å²) in [5.41, 5.74) is 2.54. The minimum atomic E-state index is 0.195. The highest BCUT2D eigenvalue weighted by atomic mass is 35.5. The molecule has 0 bridgehead atoms. The van der Waals surface area contributed by atoms with E-state index in [9.17, 15) is 5.11 Å². The molecule has 0 aromatic heterocycles. The third-order valence-corrected chi connectivity index (χ3v) is 4.62. The highest BCUT2D eigenvalue weighted by molar-refractivity contribution is 6.30. The van der Waals surface area contributed by atoms with E-state index in [-0.39, 0.29) is 5.75 Å². The van der Waals surface area contributed by atoms with Crippen molar-refractivity contribution in [1.82, 2.24) is 0 Å². The lowest BCUT2D eigenvalue weighted by molar-refractivity contribution is 0.372. The molecule has 2 aromatic carbocycles. The molecule has 0 heterocycles. The van der Waals surface area contributed by atoms with Gasteiger partial charge in [-0.05, 0) is 66.5 Å². The molecule has 2 nitrogen and oxygen atoms in total. The van der Waals surface area contributed by atoms with Crippen LogP contribution in [0.3, 0.4) is 0 Å². The molecule has 0 fully saturated rings. The van der Waals surface area contributed by atoms with Crippen molar-refractivity contribution in [2.75, 3.05) is 7.11 Å². The smallest absolute Gasteiger partial charge is 0.160 e. The van der Waals surface area contributed by atoms with Gasteiger partial charge in [-0.3, -0.25) is 0 Å². The molecule has 0 radical (unpaired) electrons. The molecule has 1 N–H and O–H groups in total. The van der Waals surface area contributed by atoms with Crippen LogP contribution in [0.5, 0.6) is 11.5 Å². The van der Waals surface area contributed by atoms with Crippen molar-refractivity contribution in [3.63, 3.8) is 0 Å². The van der Waals surface area contributed by atoms with E-state index in [1.54, 1.807) is 13.2 Å². The van der Waals surface area contributed by atoms with Crippen LogP contribution in [0.2, 0.25) is 5.02 Å². The fourth-order valence-electron chi connectivity index (χ4n) is 2.94. The maximum atomic E-state index is 9.64. The van der Waals surface area contributed by atoms with E-state index in [0.29, 0.717) is 17.6 Å². The zero-order valence-electron chi connectivity index (χ0n) is 14.1. The van der Waals surface area contributed by atoms with Gasteiger partial charge in [-0.1, -0.05) is 43.6 Å². The van der Waals surface area contributed by atoms with E-state index in [1.165, 1.54) is 11.1 Å². The first kappa shape index (κ1) is 17.7. The second-order valence-corrected chi connectivity index (χ2v) is 6.77. The molecule has 2 aromatic rings. The summed E-state index contributed by atoms with van der Waals surface area (Å²) in [5, 5.41) is 10.4. The zero-order valence-corrected chi connectivity index (χ0v) is 14.8. The molecule has 0 saturated heterocycles. The molecule has 0 aliphatic carbocycles. The molecule has 2 atom stereocenters. The highest BCUT2D eigenvalue weighted by Gasteiger charge is 2.12. The van der Waals surface area contributed by atoms with Gasteiger partial charge < -0.3 is 9.84 Å². The van der Waals surface area contributed by atoms with Gasteiger partial charge in [0.2, 0.25) is 0 Å². The number of rotatable bonds is 7. The Morgan fingerprint density at radius 1 is 1.09 bits per heavy atom. The van der Waals surface area contributed by atoms with Crippen molar-refractivity contribution >= 4 is 11.6 Å². The molecule has 0 saturated carbocycles. The Morgan fingerprint density at radius 2 is 1.78 bits per heavy atom. The first-order chi connectivity index (χ1) is 11.0. The van der Waals surface area contributed by atoms with E-state index in [0.717, 1.165) is 24.3 Å². The van der Waals surface area contributed by atoms with Crippen LogP contribution >= 0.6 is 11.6 Å². The topological polar surface area (TPSA) is 29.5 Å². The van der Waals surface area contributed by atoms with Crippen LogP contribution in [-0.2, 0) is 6.42 Å². The fourth-order valence-corrected chi connectivity index (χ4v) is 3.07. The van der Waals surface area contributed by atoms with Crippen molar-refractivity contribution in [3.8, 4) is 11.5 Å². The summed E-state index contributed by atoms with van der Waals surface area (Å²) in [6, 6.07) is 13.7. The van der Waals surface area contributed by atoms with Crippen LogP contribution < -0.4 is 4.74 Å². The lowest BCUT2D eigenvalue weighted by Gasteiger charge is -2.18. The minimum absolute atomic E-state index is 0.195. The van der Waals surface area contributed by atoms with Gasteiger partial charge >= 0.3 is 0 Å². The number of benzene rings is 2. The second-order valence-electron chi connectivity index (χ2n) is 6.34. The van der Waals surface area contributed by atoms with Crippen molar-refractivity contribution in [1.29, 1.82) is 0 Å². The standard InChI is InChI=1S/C20H25ClO2/c1-14(12-15(2)17-7-9-18(21)10-8-17)4-5-16-6-11-19(22)20(13-16)23-3/h6-11,13-15,22H,4-5,12H2,1-3H3. The number of hydrogen-bond acceptors (Lipinski definition) is 2. The largest absolute Gasteiger partial charge is 0.504 e. The Labute approximate surface area is 144 Å². The van der Waals surface area contributed by atoms with Gasteiger partial charge in [-0.15, -0.1) is 0 Å². The van der Waals surface area contributed by atoms with Gasteiger partial charge in [0, 0.05) is 5.02 Å². The molecule has 3 heteroatoms. The summed E-state index contributed by atoms with van der Waals surface area (Å²) in [5.74, 6) is 1.89. The molecule has 2 unspecified atom stereocenters. The van der Waals surface area contributed by atoms with Gasteiger partial charge in [-0.25, -0.2) is 0 Å². The van der Waals surface area contributed by atoms with Gasteiger partial charge in [-0.2, -0.15) is 0 Å². The third kappa shape index (κ3) is 5.18. The Balaban J connectivity index is 1.87. The molecule has 0 aliphatic rings. The maximum Gasteiger partial charge on any atom is 0.160 e. The number of halogens is 1. The molecular weight excluding hydrogens is 308 g/mol. The SMILES string of the molecule is COc1cc(CCC(C)CC(C)c2ccc(Cl)cc2)ccc1O. The van der Waals surface area contributed by atoms with Crippen LogP contribution in [0.1, 0.15) is 43.7 Å². The lowest BCUT2D eigenvalue weighted by atomic mass is 9.88. The predicted molar refractivity (Wildman–Crippen MR) is 96.6 cm³/mol. The van der Waals surface area contributed by atoms with E-state index < -0.39 is 0 Å². The summed E-state index contributed by atoms with van der Waals surface area (Å²) in [7, 11) is 1.58. The molecule has 2 rings (SSSR count). The molecule has 0 aliphatic heterocycles. The van der Waals surface area contributed by atoms with Gasteiger partial charge in [0.05, 0.1) is 7.11 Å². The van der Waals surface area contributed by atoms with Crippen LogP contribution in [0.15, 0.2) is 42.5 Å². The number of aromatic hydroxyl groups is 1. The van der Waals surface area contributed by atoms with Crippen LogP contribution in [0.25, 0.3) is 0 Å². The number of methoxy groups -OCH3 is 1. The Kier molecular flexibility index (Phi) is 6.35. The predicted octanol–water partition coefficient (Wildman–Crippen LogP) is 5.82. The van der Waals surface area contributed by atoms with Crippen LogP contribution in [-0.4, -0.2) is 12.2 Å². The van der Waals surface area contributed by atoms with Crippen molar-refractivity contribution in [2.24, 2.45) is 5.92 Å². The van der Waals surface area contributed by atoms with E-state index in [2.05, 4.69) is 26.0 Å². The number of ether oxygens (including phenoxy) is 1. The minimum Gasteiger partial charge on any atom is -0.504 e. The maximum absolute atomic E-state index is 9.64. The third-order valence-electron chi connectivity index (χ3n) is 4.36. The average Bonchev–Trinajstić information content (AvgIpc) is 2.54. The van der Waals surface area contributed by atoms with Gasteiger partial charge in [0.15, 0.2) is 11.5 Å². The fraction of sp³-hybridized carbons (Fsp3) is 0.400. The summed E-state index contributed by atoms with van der Waals surface area (Å²) in [6.45, 7) is 4.56. The van der Waals surface area contributed by atoms with E-state index in [1.807, 2.05) is 24.3 Å². The molecule has 124 valence electrons. The number of phenols is 1.